The van der Waals surface area contributed by atoms with E-state index in [-0.39, 0.29) is 11.4 Å². The molecule has 0 bridgehead atoms. The minimum absolute atomic E-state index is 0.103. The van der Waals surface area contributed by atoms with E-state index in [1.54, 1.807) is 32.4 Å². The average Bonchev–Trinajstić information content (AvgIpc) is 2.73. The number of benzene rings is 2. The molecule has 0 aromatic heterocycles. The maximum Gasteiger partial charge on any atom is 0.319 e. The topological polar surface area (TPSA) is 68.8 Å². The lowest BCUT2D eigenvalue weighted by atomic mass is 9.74. The second kappa shape index (κ2) is 8.77. The Labute approximate surface area is 159 Å². The molecule has 1 heterocycles. The molecule has 2 aromatic carbocycles. The summed E-state index contributed by atoms with van der Waals surface area (Å²) in [5, 5.41) is 5.89. The molecule has 6 nitrogen and oxygen atoms in total. The molecule has 2 N–H and O–H groups in total. The molecule has 1 aliphatic rings. The molecule has 6 heteroatoms. The highest BCUT2D eigenvalue weighted by Crippen LogP contribution is 2.34. The lowest BCUT2D eigenvalue weighted by molar-refractivity contribution is 0.0508. The normalized spacial score (nSPS) is 15.6. The highest BCUT2D eigenvalue weighted by Gasteiger charge is 2.34. The SMILES string of the molecule is COc1ccc(NC(=O)NCC2(c3ccccc3)CCOCC2)cc1OC. The van der Waals surface area contributed by atoms with Crippen molar-refractivity contribution in [3.8, 4) is 11.5 Å². The third-order valence-corrected chi connectivity index (χ3v) is 5.06. The van der Waals surface area contributed by atoms with Gasteiger partial charge in [0.15, 0.2) is 11.5 Å². The van der Waals surface area contributed by atoms with Crippen LogP contribution in [0.4, 0.5) is 10.5 Å². The highest BCUT2D eigenvalue weighted by atomic mass is 16.5. The zero-order chi connectivity index (χ0) is 19.1. The first-order valence-corrected chi connectivity index (χ1v) is 9.07. The van der Waals surface area contributed by atoms with Gasteiger partial charge in [0, 0.05) is 36.9 Å². The molecule has 0 radical (unpaired) electrons. The zero-order valence-electron chi connectivity index (χ0n) is 15.8. The Kier molecular flexibility index (Phi) is 6.19. The second-order valence-corrected chi connectivity index (χ2v) is 6.64. The van der Waals surface area contributed by atoms with Crippen molar-refractivity contribution in [2.45, 2.75) is 18.3 Å². The summed E-state index contributed by atoms with van der Waals surface area (Å²) in [6, 6.07) is 15.4. The van der Waals surface area contributed by atoms with Gasteiger partial charge < -0.3 is 24.8 Å². The first kappa shape index (κ1) is 19.0. The van der Waals surface area contributed by atoms with Gasteiger partial charge >= 0.3 is 6.03 Å². The van der Waals surface area contributed by atoms with E-state index < -0.39 is 0 Å². The Hall–Kier alpha value is -2.73. The molecule has 0 unspecified atom stereocenters. The van der Waals surface area contributed by atoms with Gasteiger partial charge in [-0.05, 0) is 30.5 Å². The minimum atomic E-state index is -0.246. The van der Waals surface area contributed by atoms with Crippen molar-refractivity contribution in [2.24, 2.45) is 0 Å². The van der Waals surface area contributed by atoms with Gasteiger partial charge in [0.2, 0.25) is 0 Å². The van der Waals surface area contributed by atoms with Crippen LogP contribution in [0.2, 0.25) is 0 Å². The number of carbonyl (C=O) groups is 1. The van der Waals surface area contributed by atoms with E-state index in [9.17, 15) is 4.79 Å². The molecule has 1 aliphatic heterocycles. The summed E-state index contributed by atoms with van der Waals surface area (Å²) >= 11 is 0. The third kappa shape index (κ3) is 4.52. The van der Waals surface area contributed by atoms with Crippen molar-refractivity contribution in [3.63, 3.8) is 0 Å². The zero-order valence-corrected chi connectivity index (χ0v) is 15.8. The van der Waals surface area contributed by atoms with E-state index in [2.05, 4.69) is 22.8 Å². The van der Waals surface area contributed by atoms with Gasteiger partial charge in [0.05, 0.1) is 14.2 Å². The first-order chi connectivity index (χ1) is 13.2. The van der Waals surface area contributed by atoms with Crippen LogP contribution in [0.15, 0.2) is 48.5 Å². The van der Waals surface area contributed by atoms with E-state index in [0.717, 1.165) is 12.8 Å². The molecule has 1 saturated heterocycles. The molecule has 0 saturated carbocycles. The van der Waals surface area contributed by atoms with Crippen molar-refractivity contribution < 1.29 is 19.0 Å². The lowest BCUT2D eigenvalue weighted by Gasteiger charge is -2.38. The molecule has 2 aromatic rings. The monoisotopic (exact) mass is 370 g/mol. The summed E-state index contributed by atoms with van der Waals surface area (Å²) < 4.78 is 16.0. The number of urea groups is 1. The molecular weight excluding hydrogens is 344 g/mol. The van der Waals surface area contributed by atoms with Crippen molar-refractivity contribution in [1.29, 1.82) is 0 Å². The fourth-order valence-corrected chi connectivity index (χ4v) is 3.46. The van der Waals surface area contributed by atoms with Crippen LogP contribution in [0.1, 0.15) is 18.4 Å². The summed E-state index contributed by atoms with van der Waals surface area (Å²) in [5.74, 6) is 1.19. The molecule has 3 rings (SSSR count). The summed E-state index contributed by atoms with van der Waals surface area (Å²) in [5.41, 5.74) is 1.78. The quantitative estimate of drug-likeness (QED) is 0.816. The van der Waals surface area contributed by atoms with Crippen molar-refractivity contribution in [3.05, 3.63) is 54.1 Å². The van der Waals surface area contributed by atoms with Crippen LogP contribution in [-0.2, 0) is 10.2 Å². The van der Waals surface area contributed by atoms with Gasteiger partial charge in [0.1, 0.15) is 0 Å². The molecule has 0 atom stereocenters. The Bertz CT molecular complexity index is 758. The number of anilines is 1. The van der Waals surface area contributed by atoms with Gasteiger partial charge in [-0.2, -0.15) is 0 Å². The Morgan fingerprint density at radius 2 is 1.74 bits per heavy atom. The largest absolute Gasteiger partial charge is 0.493 e. The number of carbonyl (C=O) groups excluding carboxylic acids is 1. The summed E-state index contributed by atoms with van der Waals surface area (Å²) in [6.07, 6.45) is 1.77. The third-order valence-electron chi connectivity index (χ3n) is 5.06. The van der Waals surface area contributed by atoms with Gasteiger partial charge in [-0.3, -0.25) is 0 Å². The molecule has 27 heavy (non-hydrogen) atoms. The maximum atomic E-state index is 12.5. The van der Waals surface area contributed by atoms with Gasteiger partial charge in [-0.1, -0.05) is 30.3 Å². The molecule has 1 fully saturated rings. The molecule has 144 valence electrons. The van der Waals surface area contributed by atoms with Crippen LogP contribution in [0, 0.1) is 0 Å². The van der Waals surface area contributed by atoms with E-state index in [1.165, 1.54) is 5.56 Å². The van der Waals surface area contributed by atoms with Gasteiger partial charge in [0.25, 0.3) is 0 Å². The summed E-state index contributed by atoms with van der Waals surface area (Å²) in [7, 11) is 3.14. The van der Waals surface area contributed by atoms with Crippen molar-refractivity contribution >= 4 is 11.7 Å². The van der Waals surface area contributed by atoms with Gasteiger partial charge in [-0.15, -0.1) is 0 Å². The fraction of sp³-hybridized carbons (Fsp3) is 0.381. The van der Waals surface area contributed by atoms with Crippen LogP contribution in [0.5, 0.6) is 11.5 Å². The Balaban J connectivity index is 1.66. The van der Waals surface area contributed by atoms with Gasteiger partial charge in [-0.25, -0.2) is 4.79 Å². The minimum Gasteiger partial charge on any atom is -0.493 e. The second-order valence-electron chi connectivity index (χ2n) is 6.64. The first-order valence-electron chi connectivity index (χ1n) is 9.07. The maximum absolute atomic E-state index is 12.5. The predicted octanol–water partition coefficient (Wildman–Crippen LogP) is 3.57. The van der Waals surface area contributed by atoms with Crippen molar-refractivity contribution in [2.75, 3.05) is 39.3 Å². The van der Waals surface area contributed by atoms with Crippen LogP contribution >= 0.6 is 0 Å². The Morgan fingerprint density at radius 3 is 2.41 bits per heavy atom. The van der Waals surface area contributed by atoms with Crippen LogP contribution < -0.4 is 20.1 Å². The van der Waals surface area contributed by atoms with Crippen LogP contribution in [0.25, 0.3) is 0 Å². The van der Waals surface area contributed by atoms with Crippen LogP contribution in [0.3, 0.4) is 0 Å². The number of ether oxygens (including phenoxy) is 3. The average molecular weight is 370 g/mol. The lowest BCUT2D eigenvalue weighted by Crippen LogP contribution is -2.45. The Morgan fingerprint density at radius 1 is 1.04 bits per heavy atom. The number of hydrogen-bond acceptors (Lipinski definition) is 4. The number of rotatable bonds is 6. The number of nitrogens with one attached hydrogen (secondary N) is 2. The summed E-state index contributed by atoms with van der Waals surface area (Å²) in [6.45, 7) is 1.96. The summed E-state index contributed by atoms with van der Waals surface area (Å²) in [4.78, 5) is 12.5. The number of methoxy groups -OCH3 is 2. The smallest absolute Gasteiger partial charge is 0.319 e. The number of hydrogen-bond donors (Lipinski definition) is 2. The van der Waals surface area contributed by atoms with Crippen LogP contribution in [-0.4, -0.2) is 40.0 Å². The molecule has 0 aliphatic carbocycles. The van der Waals surface area contributed by atoms with Crippen molar-refractivity contribution in [1.82, 2.24) is 5.32 Å². The van der Waals surface area contributed by atoms with E-state index in [1.807, 2.05) is 18.2 Å². The van der Waals surface area contributed by atoms with E-state index in [4.69, 9.17) is 14.2 Å². The number of amides is 2. The van der Waals surface area contributed by atoms with E-state index in [0.29, 0.717) is 36.9 Å². The molecule has 0 spiro atoms. The van der Waals surface area contributed by atoms with E-state index >= 15 is 0 Å². The highest BCUT2D eigenvalue weighted by molar-refractivity contribution is 5.89. The molecular formula is C21H26N2O4. The fourth-order valence-electron chi connectivity index (χ4n) is 3.46. The predicted molar refractivity (Wildman–Crippen MR) is 105 cm³/mol. The standard InChI is InChI=1S/C21H26N2O4/c1-25-18-9-8-17(14-19(18)26-2)23-20(24)22-15-21(10-12-27-13-11-21)16-6-4-3-5-7-16/h3-9,14H,10-13,15H2,1-2H3,(H2,22,23,24). The molecule has 2 amide bonds.